The van der Waals surface area contributed by atoms with Crippen LogP contribution in [0.2, 0.25) is 0 Å². The Labute approximate surface area is 145 Å². The van der Waals surface area contributed by atoms with E-state index in [0.29, 0.717) is 12.2 Å². The molecule has 8 heteroatoms. The van der Waals surface area contributed by atoms with Gasteiger partial charge in [0.2, 0.25) is 0 Å². The maximum atomic E-state index is 12.4. The van der Waals surface area contributed by atoms with E-state index in [0.717, 1.165) is 18.5 Å². The van der Waals surface area contributed by atoms with Crippen molar-refractivity contribution >= 4 is 11.9 Å². The van der Waals surface area contributed by atoms with Crippen molar-refractivity contribution in [1.82, 2.24) is 25.0 Å². The fourth-order valence-electron chi connectivity index (χ4n) is 3.04. The number of amides is 1. The van der Waals surface area contributed by atoms with Crippen molar-refractivity contribution < 1.29 is 14.7 Å². The first-order chi connectivity index (χ1) is 12.1. The SMILES string of the molecule is CCN(CC(=O)O)C1CC(NC(=O)c2cc(-n3cccn3)ccn2)C1. The maximum absolute atomic E-state index is 12.4. The van der Waals surface area contributed by atoms with Crippen LogP contribution in [-0.2, 0) is 4.79 Å². The van der Waals surface area contributed by atoms with Crippen LogP contribution < -0.4 is 5.32 Å². The fourth-order valence-corrected chi connectivity index (χ4v) is 3.04. The number of carbonyl (C=O) groups is 2. The first-order valence-electron chi connectivity index (χ1n) is 8.29. The van der Waals surface area contributed by atoms with Crippen LogP contribution >= 0.6 is 0 Å². The summed E-state index contributed by atoms with van der Waals surface area (Å²) < 4.78 is 1.67. The summed E-state index contributed by atoms with van der Waals surface area (Å²) in [6.07, 6.45) is 6.57. The van der Waals surface area contributed by atoms with Gasteiger partial charge in [-0.1, -0.05) is 6.92 Å². The third kappa shape index (κ3) is 4.03. The maximum Gasteiger partial charge on any atom is 0.317 e. The molecule has 0 radical (unpaired) electrons. The van der Waals surface area contributed by atoms with Crippen molar-refractivity contribution in [3.05, 3.63) is 42.5 Å². The first kappa shape index (κ1) is 17.1. The third-order valence-electron chi connectivity index (χ3n) is 4.45. The number of carboxylic acids is 1. The van der Waals surface area contributed by atoms with Gasteiger partial charge in [0.05, 0.1) is 12.2 Å². The topological polar surface area (TPSA) is 100 Å². The van der Waals surface area contributed by atoms with Crippen LogP contribution in [0.1, 0.15) is 30.3 Å². The molecule has 3 rings (SSSR count). The Morgan fingerprint density at radius 3 is 2.84 bits per heavy atom. The summed E-state index contributed by atoms with van der Waals surface area (Å²) in [7, 11) is 0. The molecule has 8 nitrogen and oxygen atoms in total. The lowest BCUT2D eigenvalue weighted by molar-refractivity contribution is -0.139. The number of aromatic nitrogens is 3. The lowest BCUT2D eigenvalue weighted by atomic mass is 9.85. The van der Waals surface area contributed by atoms with Crippen LogP contribution in [-0.4, -0.2) is 61.8 Å². The average molecular weight is 343 g/mol. The predicted octanol–water partition coefficient (Wildman–Crippen LogP) is 0.935. The molecule has 2 N–H and O–H groups in total. The molecule has 0 aliphatic heterocycles. The molecular weight excluding hydrogens is 322 g/mol. The Bertz CT molecular complexity index is 741. The van der Waals surface area contributed by atoms with Crippen molar-refractivity contribution in [1.29, 1.82) is 0 Å². The number of hydrogen-bond donors (Lipinski definition) is 2. The smallest absolute Gasteiger partial charge is 0.317 e. The van der Waals surface area contributed by atoms with Gasteiger partial charge < -0.3 is 10.4 Å². The van der Waals surface area contributed by atoms with Gasteiger partial charge in [0, 0.05) is 30.7 Å². The van der Waals surface area contributed by atoms with Crippen molar-refractivity contribution in [2.75, 3.05) is 13.1 Å². The van der Waals surface area contributed by atoms with Gasteiger partial charge in [-0.3, -0.25) is 19.5 Å². The lowest BCUT2D eigenvalue weighted by Crippen LogP contribution is -2.54. The molecule has 2 aromatic heterocycles. The zero-order valence-electron chi connectivity index (χ0n) is 14.0. The number of carbonyl (C=O) groups excluding carboxylic acids is 1. The molecule has 1 fully saturated rings. The third-order valence-corrected chi connectivity index (χ3v) is 4.45. The number of nitrogens with zero attached hydrogens (tertiary/aromatic N) is 4. The Morgan fingerprint density at radius 2 is 2.20 bits per heavy atom. The van der Waals surface area contributed by atoms with E-state index >= 15 is 0 Å². The van der Waals surface area contributed by atoms with Gasteiger partial charge in [-0.2, -0.15) is 5.10 Å². The van der Waals surface area contributed by atoms with Crippen molar-refractivity contribution in [2.45, 2.75) is 31.8 Å². The molecule has 1 saturated carbocycles. The van der Waals surface area contributed by atoms with Gasteiger partial charge >= 0.3 is 5.97 Å². The van der Waals surface area contributed by atoms with Crippen molar-refractivity contribution in [3.8, 4) is 5.69 Å². The molecule has 0 saturated heterocycles. The summed E-state index contributed by atoms with van der Waals surface area (Å²) in [6, 6.07) is 5.55. The van der Waals surface area contributed by atoms with Gasteiger partial charge in [0.15, 0.2) is 0 Å². The van der Waals surface area contributed by atoms with Crippen LogP contribution in [0.3, 0.4) is 0 Å². The zero-order valence-corrected chi connectivity index (χ0v) is 14.0. The molecule has 1 aliphatic rings. The van der Waals surface area contributed by atoms with Gasteiger partial charge in [0.1, 0.15) is 5.69 Å². The molecule has 25 heavy (non-hydrogen) atoms. The van der Waals surface area contributed by atoms with E-state index in [1.807, 2.05) is 17.9 Å². The minimum absolute atomic E-state index is 0.0370. The van der Waals surface area contributed by atoms with Gasteiger partial charge in [-0.25, -0.2) is 4.68 Å². The fraction of sp³-hybridized carbons (Fsp3) is 0.412. The van der Waals surface area contributed by atoms with Crippen LogP contribution in [0.4, 0.5) is 0 Å². The monoisotopic (exact) mass is 343 g/mol. The Balaban J connectivity index is 1.56. The molecule has 0 bridgehead atoms. The molecule has 0 unspecified atom stereocenters. The van der Waals surface area contributed by atoms with E-state index in [4.69, 9.17) is 5.11 Å². The highest BCUT2D eigenvalue weighted by Gasteiger charge is 2.34. The largest absolute Gasteiger partial charge is 0.480 e. The van der Waals surface area contributed by atoms with Crippen LogP contribution in [0, 0.1) is 0 Å². The second-order valence-corrected chi connectivity index (χ2v) is 6.10. The summed E-state index contributed by atoms with van der Waals surface area (Å²) >= 11 is 0. The highest BCUT2D eigenvalue weighted by atomic mass is 16.4. The Morgan fingerprint density at radius 1 is 1.40 bits per heavy atom. The molecule has 0 aromatic carbocycles. The number of carboxylic acid groups (broad SMARTS) is 1. The lowest BCUT2D eigenvalue weighted by Gasteiger charge is -2.42. The summed E-state index contributed by atoms with van der Waals surface area (Å²) in [5, 5.41) is 16.0. The van der Waals surface area contributed by atoms with Crippen LogP contribution in [0.5, 0.6) is 0 Å². The first-order valence-corrected chi connectivity index (χ1v) is 8.29. The normalized spacial score (nSPS) is 19.4. The van der Waals surface area contributed by atoms with Crippen LogP contribution in [0.15, 0.2) is 36.8 Å². The average Bonchev–Trinajstić information content (AvgIpc) is 3.10. The van der Waals surface area contributed by atoms with Crippen molar-refractivity contribution in [2.24, 2.45) is 0 Å². The molecule has 1 aliphatic carbocycles. The Hall–Kier alpha value is -2.74. The number of hydrogen-bond acceptors (Lipinski definition) is 5. The number of aliphatic carboxylic acids is 1. The number of pyridine rings is 1. The Kier molecular flexibility index (Phi) is 5.08. The molecule has 1 amide bonds. The summed E-state index contributed by atoms with van der Waals surface area (Å²) in [5.74, 6) is -1.05. The minimum atomic E-state index is -0.825. The van der Waals surface area contributed by atoms with Crippen LogP contribution in [0.25, 0.3) is 5.69 Å². The number of likely N-dealkylation sites (N-methyl/N-ethyl adjacent to an activating group) is 1. The number of rotatable bonds is 7. The molecule has 2 aromatic rings. The number of nitrogens with one attached hydrogen (secondary N) is 1. The highest BCUT2D eigenvalue weighted by molar-refractivity contribution is 5.93. The molecular formula is C17H21N5O3. The summed E-state index contributed by atoms with van der Waals surface area (Å²) in [5.41, 5.74) is 1.12. The quantitative estimate of drug-likeness (QED) is 0.776. The van der Waals surface area contributed by atoms with E-state index in [1.54, 1.807) is 35.4 Å². The van der Waals surface area contributed by atoms with E-state index < -0.39 is 5.97 Å². The molecule has 132 valence electrons. The summed E-state index contributed by atoms with van der Waals surface area (Å²) in [4.78, 5) is 29.3. The molecule has 0 atom stereocenters. The standard InChI is InChI=1S/C17H21N5O3/c1-2-21(11-16(23)24)14-8-12(9-14)20-17(25)15-10-13(4-6-18-15)22-7-3-5-19-22/h3-7,10,12,14H,2,8-9,11H2,1H3,(H,20,25)(H,23,24). The van der Waals surface area contributed by atoms with Gasteiger partial charge in [0.25, 0.3) is 5.91 Å². The second-order valence-electron chi connectivity index (χ2n) is 6.10. The van der Waals surface area contributed by atoms with E-state index in [9.17, 15) is 9.59 Å². The highest BCUT2D eigenvalue weighted by Crippen LogP contribution is 2.25. The van der Waals surface area contributed by atoms with Crippen molar-refractivity contribution in [3.63, 3.8) is 0 Å². The van der Waals surface area contributed by atoms with Gasteiger partial charge in [-0.05, 0) is 37.6 Å². The summed E-state index contributed by atoms with van der Waals surface area (Å²) in [6.45, 7) is 2.67. The van der Waals surface area contributed by atoms with E-state index in [-0.39, 0.29) is 24.5 Å². The predicted molar refractivity (Wildman–Crippen MR) is 90.5 cm³/mol. The minimum Gasteiger partial charge on any atom is -0.480 e. The van der Waals surface area contributed by atoms with Gasteiger partial charge in [-0.15, -0.1) is 0 Å². The van der Waals surface area contributed by atoms with E-state index in [1.165, 1.54) is 0 Å². The molecule has 0 spiro atoms. The molecule has 2 heterocycles. The second kappa shape index (κ2) is 7.43. The van der Waals surface area contributed by atoms with E-state index in [2.05, 4.69) is 15.4 Å². The zero-order chi connectivity index (χ0) is 17.8.